The smallest absolute Gasteiger partial charge is 0.124 e. The molecule has 0 bridgehead atoms. The molecule has 0 spiro atoms. The second-order valence-corrected chi connectivity index (χ2v) is 7.20. The fourth-order valence-corrected chi connectivity index (χ4v) is 4.43. The van der Waals surface area contributed by atoms with Crippen molar-refractivity contribution in [2.24, 2.45) is 0 Å². The van der Waals surface area contributed by atoms with Crippen molar-refractivity contribution in [1.29, 1.82) is 0 Å². The molecule has 3 nitrogen and oxygen atoms in total. The average molecular weight is 323 g/mol. The van der Waals surface area contributed by atoms with E-state index in [4.69, 9.17) is 4.74 Å². The van der Waals surface area contributed by atoms with Gasteiger partial charge in [0.15, 0.2) is 0 Å². The second kappa shape index (κ2) is 8.32. The molecule has 1 aromatic heterocycles. The molecule has 2 aromatic rings. The van der Waals surface area contributed by atoms with Crippen LogP contribution in [0, 0.1) is 0 Å². The van der Waals surface area contributed by atoms with Crippen molar-refractivity contribution < 1.29 is 8.95 Å². The highest BCUT2D eigenvalue weighted by atomic mass is 32.2. The van der Waals surface area contributed by atoms with E-state index in [1.807, 2.05) is 48.7 Å². The number of benzene rings is 1. The van der Waals surface area contributed by atoms with Crippen LogP contribution in [0.1, 0.15) is 25.5 Å². The molecule has 0 amide bonds. The van der Waals surface area contributed by atoms with E-state index >= 15 is 0 Å². The van der Waals surface area contributed by atoms with Crippen LogP contribution in [-0.4, -0.2) is 23.1 Å². The molecular formula is C16H21NO2S2. The van der Waals surface area contributed by atoms with Crippen molar-refractivity contribution in [3.05, 3.63) is 47.3 Å². The summed E-state index contributed by atoms with van der Waals surface area (Å²) in [7, 11) is -0.996. The lowest BCUT2D eigenvalue weighted by Gasteiger charge is -2.20. The van der Waals surface area contributed by atoms with Gasteiger partial charge in [0, 0.05) is 17.4 Å². The summed E-state index contributed by atoms with van der Waals surface area (Å²) in [4.78, 5) is 0. The zero-order valence-electron chi connectivity index (χ0n) is 12.4. The lowest BCUT2D eigenvalue weighted by molar-refractivity contribution is 0.333. The minimum absolute atomic E-state index is 0.0284. The summed E-state index contributed by atoms with van der Waals surface area (Å²) >= 11 is 1.54. The van der Waals surface area contributed by atoms with Gasteiger partial charge in [0.25, 0.3) is 0 Å². The van der Waals surface area contributed by atoms with Crippen LogP contribution < -0.4 is 10.1 Å². The molecule has 2 atom stereocenters. The molecule has 0 aliphatic rings. The monoisotopic (exact) mass is 323 g/mol. The first-order valence-corrected chi connectivity index (χ1v) is 9.33. The fraction of sp³-hybridized carbons (Fsp3) is 0.375. The molecule has 0 aliphatic carbocycles. The summed E-state index contributed by atoms with van der Waals surface area (Å²) in [5.41, 5.74) is 1.08. The molecule has 5 heteroatoms. The minimum atomic E-state index is -0.996. The molecule has 0 radical (unpaired) electrons. The Morgan fingerprint density at radius 1 is 1.24 bits per heavy atom. The van der Waals surface area contributed by atoms with Gasteiger partial charge < -0.3 is 10.1 Å². The molecular weight excluding hydrogens is 302 g/mol. The standard InChI is InChI=1S/C16H21NO2S2/c1-3-17-14(12-21(18)16-10-7-11-20-16)13-8-5-6-9-15(13)19-4-2/h5-11,14,17H,3-4,12H2,1-2H3. The fourth-order valence-electron chi connectivity index (χ4n) is 2.19. The first-order chi connectivity index (χ1) is 10.3. The normalized spacial score (nSPS) is 13.8. The Labute approximate surface area is 132 Å². The van der Waals surface area contributed by atoms with Crippen molar-refractivity contribution in [2.45, 2.75) is 24.1 Å². The molecule has 0 aliphatic heterocycles. The Bertz CT molecular complexity index is 569. The van der Waals surface area contributed by atoms with Crippen LogP contribution >= 0.6 is 11.3 Å². The van der Waals surface area contributed by atoms with Gasteiger partial charge in [-0.2, -0.15) is 0 Å². The van der Waals surface area contributed by atoms with Gasteiger partial charge >= 0.3 is 0 Å². The maximum absolute atomic E-state index is 12.5. The van der Waals surface area contributed by atoms with Crippen LogP contribution in [0.25, 0.3) is 0 Å². The number of hydrogen-bond acceptors (Lipinski definition) is 4. The Hall–Kier alpha value is -1.17. The van der Waals surface area contributed by atoms with Crippen LogP contribution in [0.2, 0.25) is 0 Å². The third kappa shape index (κ3) is 4.40. The predicted octanol–water partition coefficient (Wildman–Crippen LogP) is 3.61. The van der Waals surface area contributed by atoms with Gasteiger partial charge in [0.2, 0.25) is 0 Å². The van der Waals surface area contributed by atoms with Gasteiger partial charge in [-0.15, -0.1) is 11.3 Å². The van der Waals surface area contributed by atoms with Crippen molar-refractivity contribution in [3.63, 3.8) is 0 Å². The van der Waals surface area contributed by atoms with E-state index in [1.54, 1.807) is 11.3 Å². The molecule has 0 saturated carbocycles. The Morgan fingerprint density at radius 3 is 2.71 bits per heavy atom. The number of para-hydroxylation sites is 1. The molecule has 114 valence electrons. The summed E-state index contributed by atoms with van der Waals surface area (Å²) in [5.74, 6) is 1.42. The SMILES string of the molecule is CCNC(CS(=O)c1cccs1)c1ccccc1OCC. The van der Waals surface area contributed by atoms with Gasteiger partial charge in [-0.05, 0) is 31.0 Å². The lowest BCUT2D eigenvalue weighted by Crippen LogP contribution is -2.26. The Kier molecular flexibility index (Phi) is 6.42. The van der Waals surface area contributed by atoms with Crippen molar-refractivity contribution >= 4 is 22.1 Å². The zero-order valence-corrected chi connectivity index (χ0v) is 14.0. The van der Waals surface area contributed by atoms with E-state index < -0.39 is 10.8 Å². The van der Waals surface area contributed by atoms with E-state index in [1.165, 1.54) is 0 Å². The highest BCUT2D eigenvalue weighted by molar-refractivity contribution is 7.87. The highest BCUT2D eigenvalue weighted by Gasteiger charge is 2.19. The first kappa shape index (κ1) is 16.2. The zero-order chi connectivity index (χ0) is 15.1. The van der Waals surface area contributed by atoms with Crippen LogP contribution in [0.4, 0.5) is 0 Å². The number of nitrogens with one attached hydrogen (secondary N) is 1. The van der Waals surface area contributed by atoms with Gasteiger partial charge in [-0.25, -0.2) is 0 Å². The molecule has 0 fully saturated rings. The largest absolute Gasteiger partial charge is 0.494 e. The van der Waals surface area contributed by atoms with Gasteiger partial charge in [0.1, 0.15) is 5.75 Å². The van der Waals surface area contributed by atoms with E-state index in [2.05, 4.69) is 12.2 Å². The van der Waals surface area contributed by atoms with Crippen LogP contribution in [0.15, 0.2) is 46.0 Å². The molecule has 1 heterocycles. The summed E-state index contributed by atoms with van der Waals surface area (Å²) in [6.45, 7) is 5.49. The van der Waals surface area contributed by atoms with Crippen LogP contribution in [0.3, 0.4) is 0 Å². The summed E-state index contributed by atoms with van der Waals surface area (Å²) in [5, 5.41) is 5.38. The lowest BCUT2D eigenvalue weighted by atomic mass is 10.1. The van der Waals surface area contributed by atoms with Crippen LogP contribution in [0.5, 0.6) is 5.75 Å². The topological polar surface area (TPSA) is 38.3 Å². The molecule has 1 N–H and O–H groups in total. The van der Waals surface area contributed by atoms with Gasteiger partial charge in [0.05, 0.1) is 21.6 Å². The maximum Gasteiger partial charge on any atom is 0.124 e. The molecule has 2 unspecified atom stereocenters. The van der Waals surface area contributed by atoms with Gasteiger partial charge in [-0.1, -0.05) is 31.2 Å². The van der Waals surface area contributed by atoms with E-state index in [9.17, 15) is 4.21 Å². The maximum atomic E-state index is 12.5. The predicted molar refractivity (Wildman–Crippen MR) is 89.6 cm³/mol. The Balaban J connectivity index is 2.20. The molecule has 2 rings (SSSR count). The average Bonchev–Trinajstić information content (AvgIpc) is 3.02. The number of hydrogen-bond donors (Lipinski definition) is 1. The molecule has 0 saturated heterocycles. The highest BCUT2D eigenvalue weighted by Crippen LogP contribution is 2.27. The third-order valence-electron chi connectivity index (χ3n) is 3.08. The summed E-state index contributed by atoms with van der Waals surface area (Å²) in [6.07, 6.45) is 0. The number of ether oxygens (including phenoxy) is 1. The van der Waals surface area contributed by atoms with Crippen molar-refractivity contribution in [3.8, 4) is 5.75 Å². The van der Waals surface area contributed by atoms with E-state index in [0.29, 0.717) is 12.4 Å². The van der Waals surface area contributed by atoms with E-state index in [-0.39, 0.29) is 6.04 Å². The quantitative estimate of drug-likeness (QED) is 0.806. The summed E-state index contributed by atoms with van der Waals surface area (Å²) < 4.78 is 19.1. The van der Waals surface area contributed by atoms with Crippen molar-refractivity contribution in [2.75, 3.05) is 18.9 Å². The number of thiophene rings is 1. The van der Waals surface area contributed by atoms with Crippen LogP contribution in [-0.2, 0) is 10.8 Å². The van der Waals surface area contributed by atoms with Gasteiger partial charge in [-0.3, -0.25) is 4.21 Å². The Morgan fingerprint density at radius 2 is 2.05 bits per heavy atom. The number of rotatable bonds is 8. The first-order valence-electron chi connectivity index (χ1n) is 7.13. The van der Waals surface area contributed by atoms with Crippen molar-refractivity contribution in [1.82, 2.24) is 5.32 Å². The molecule has 1 aromatic carbocycles. The second-order valence-electron chi connectivity index (χ2n) is 4.53. The third-order valence-corrected chi connectivity index (χ3v) is 5.81. The van der Waals surface area contributed by atoms with E-state index in [0.717, 1.165) is 22.1 Å². The minimum Gasteiger partial charge on any atom is -0.494 e. The molecule has 21 heavy (non-hydrogen) atoms. The summed E-state index contributed by atoms with van der Waals surface area (Å²) in [6, 6.07) is 11.9.